The van der Waals surface area contributed by atoms with Crippen molar-refractivity contribution in [2.45, 2.75) is 6.17 Å². The molecule has 2 heterocycles. The van der Waals surface area contributed by atoms with Crippen LogP contribution in [0.1, 0.15) is 22.1 Å². The van der Waals surface area contributed by atoms with Crippen molar-refractivity contribution < 1.29 is 4.79 Å². The highest BCUT2D eigenvalue weighted by molar-refractivity contribution is 6.30. The zero-order chi connectivity index (χ0) is 16.5. The van der Waals surface area contributed by atoms with E-state index in [0.717, 1.165) is 16.9 Å². The predicted octanol–water partition coefficient (Wildman–Crippen LogP) is 4.51. The van der Waals surface area contributed by atoms with E-state index in [-0.39, 0.29) is 12.1 Å². The first kappa shape index (κ1) is 14.7. The number of carbonyl (C=O) groups is 1. The summed E-state index contributed by atoms with van der Waals surface area (Å²) >= 11 is 5.99. The average Bonchev–Trinajstić information content (AvgIpc) is 2.63. The maximum atomic E-state index is 13.1. The van der Waals surface area contributed by atoms with Crippen LogP contribution in [0.2, 0.25) is 5.02 Å². The van der Waals surface area contributed by atoms with Crippen LogP contribution in [0.25, 0.3) is 0 Å². The van der Waals surface area contributed by atoms with Crippen LogP contribution in [-0.4, -0.2) is 10.9 Å². The van der Waals surface area contributed by atoms with E-state index in [9.17, 15) is 4.79 Å². The van der Waals surface area contributed by atoms with E-state index in [1.54, 1.807) is 29.4 Å². The van der Waals surface area contributed by atoms with Crippen molar-refractivity contribution in [3.63, 3.8) is 0 Å². The van der Waals surface area contributed by atoms with Gasteiger partial charge in [-0.3, -0.25) is 14.7 Å². The number of hydrogen-bond acceptors (Lipinski definition) is 3. The fourth-order valence-corrected chi connectivity index (χ4v) is 3.03. The molecule has 4 rings (SSSR count). The van der Waals surface area contributed by atoms with Crippen molar-refractivity contribution >= 4 is 28.9 Å². The van der Waals surface area contributed by atoms with Crippen LogP contribution in [0.5, 0.6) is 0 Å². The van der Waals surface area contributed by atoms with Crippen LogP contribution in [0, 0.1) is 0 Å². The van der Waals surface area contributed by atoms with Gasteiger partial charge in [0.05, 0.1) is 5.56 Å². The number of pyridine rings is 1. The molecule has 0 saturated heterocycles. The van der Waals surface area contributed by atoms with Gasteiger partial charge in [0.15, 0.2) is 0 Å². The van der Waals surface area contributed by atoms with E-state index in [1.807, 2.05) is 48.5 Å². The molecule has 1 aliphatic rings. The van der Waals surface area contributed by atoms with Gasteiger partial charge < -0.3 is 5.32 Å². The van der Waals surface area contributed by atoms with E-state index in [4.69, 9.17) is 11.6 Å². The smallest absolute Gasteiger partial charge is 0.262 e. The summed E-state index contributed by atoms with van der Waals surface area (Å²) in [5, 5.41) is 4.09. The Kier molecular flexibility index (Phi) is 3.67. The van der Waals surface area contributed by atoms with E-state index in [0.29, 0.717) is 10.6 Å². The van der Waals surface area contributed by atoms with Gasteiger partial charge in [-0.25, -0.2) is 0 Å². The fraction of sp³-hybridized carbons (Fsp3) is 0.0526. The van der Waals surface area contributed by atoms with Crippen LogP contribution < -0.4 is 10.2 Å². The largest absolute Gasteiger partial charge is 0.360 e. The Morgan fingerprint density at radius 1 is 0.958 bits per heavy atom. The van der Waals surface area contributed by atoms with Gasteiger partial charge in [-0.05, 0) is 54.1 Å². The first-order chi connectivity index (χ1) is 11.7. The Balaban J connectivity index is 1.86. The lowest BCUT2D eigenvalue weighted by atomic mass is 10.0. The van der Waals surface area contributed by atoms with Crippen LogP contribution in [0.4, 0.5) is 11.4 Å². The Labute approximate surface area is 144 Å². The van der Waals surface area contributed by atoms with Crippen molar-refractivity contribution in [2.75, 3.05) is 10.2 Å². The molecule has 1 aromatic heterocycles. The fourth-order valence-electron chi connectivity index (χ4n) is 2.90. The minimum atomic E-state index is -0.309. The third kappa shape index (κ3) is 2.51. The Bertz CT molecular complexity index is 881. The molecule has 3 aromatic rings. The van der Waals surface area contributed by atoms with Gasteiger partial charge in [0.2, 0.25) is 0 Å². The number of amides is 1. The zero-order valence-corrected chi connectivity index (χ0v) is 13.4. The molecule has 0 radical (unpaired) electrons. The summed E-state index contributed by atoms with van der Waals surface area (Å²) in [6, 6.07) is 18.6. The van der Waals surface area contributed by atoms with E-state index in [1.165, 1.54) is 0 Å². The number of benzene rings is 2. The molecule has 1 N–H and O–H groups in total. The lowest BCUT2D eigenvalue weighted by Crippen LogP contribution is -2.43. The molecule has 24 heavy (non-hydrogen) atoms. The molecule has 5 heteroatoms. The third-order valence-electron chi connectivity index (χ3n) is 4.05. The summed E-state index contributed by atoms with van der Waals surface area (Å²) in [6.45, 7) is 0. The van der Waals surface area contributed by atoms with Gasteiger partial charge >= 0.3 is 0 Å². The van der Waals surface area contributed by atoms with E-state index in [2.05, 4.69) is 10.3 Å². The quantitative estimate of drug-likeness (QED) is 0.749. The number of halogens is 1. The number of aromatic nitrogens is 1. The molecule has 1 amide bonds. The number of rotatable bonds is 2. The molecular formula is C19H14ClN3O. The van der Waals surface area contributed by atoms with Gasteiger partial charge in [-0.2, -0.15) is 0 Å². The highest BCUT2D eigenvalue weighted by Crippen LogP contribution is 2.36. The Hall–Kier alpha value is -2.85. The topological polar surface area (TPSA) is 45.2 Å². The molecule has 2 aromatic carbocycles. The molecule has 118 valence electrons. The molecule has 0 aliphatic carbocycles. The molecule has 4 nitrogen and oxygen atoms in total. The minimum absolute atomic E-state index is 0.0477. The minimum Gasteiger partial charge on any atom is -0.360 e. The number of para-hydroxylation sites is 1. The average molecular weight is 336 g/mol. The second-order valence-corrected chi connectivity index (χ2v) is 5.96. The highest BCUT2D eigenvalue weighted by atomic mass is 35.5. The van der Waals surface area contributed by atoms with Crippen LogP contribution in [0.15, 0.2) is 73.1 Å². The summed E-state index contributed by atoms with van der Waals surface area (Å²) in [7, 11) is 0. The van der Waals surface area contributed by atoms with E-state index < -0.39 is 0 Å². The van der Waals surface area contributed by atoms with Gasteiger partial charge in [-0.1, -0.05) is 23.7 Å². The summed E-state index contributed by atoms with van der Waals surface area (Å²) in [5.74, 6) is -0.0477. The summed E-state index contributed by atoms with van der Waals surface area (Å²) in [6.07, 6.45) is 3.14. The summed E-state index contributed by atoms with van der Waals surface area (Å²) < 4.78 is 0. The van der Waals surface area contributed by atoms with Crippen molar-refractivity contribution in [1.29, 1.82) is 0 Å². The molecule has 0 spiro atoms. The summed E-state index contributed by atoms with van der Waals surface area (Å²) in [4.78, 5) is 18.9. The number of hydrogen-bond donors (Lipinski definition) is 1. The molecule has 1 unspecified atom stereocenters. The lowest BCUT2D eigenvalue weighted by Gasteiger charge is -2.38. The van der Waals surface area contributed by atoms with Crippen molar-refractivity contribution in [2.24, 2.45) is 0 Å². The van der Waals surface area contributed by atoms with Crippen molar-refractivity contribution in [1.82, 2.24) is 4.98 Å². The predicted molar refractivity (Wildman–Crippen MR) is 95.3 cm³/mol. The number of nitrogens with one attached hydrogen (secondary N) is 1. The maximum Gasteiger partial charge on any atom is 0.262 e. The van der Waals surface area contributed by atoms with Crippen molar-refractivity contribution in [3.05, 3.63) is 89.2 Å². The van der Waals surface area contributed by atoms with Gasteiger partial charge in [0.1, 0.15) is 6.17 Å². The molecule has 0 fully saturated rings. The van der Waals surface area contributed by atoms with Gasteiger partial charge in [-0.15, -0.1) is 0 Å². The zero-order valence-electron chi connectivity index (χ0n) is 12.7. The number of anilines is 2. The normalized spacial score (nSPS) is 16.5. The first-order valence-corrected chi connectivity index (χ1v) is 7.96. The SMILES string of the molecule is O=C1c2ccccc2NC(c2ccncc2)N1c1ccc(Cl)cc1. The van der Waals surface area contributed by atoms with Gasteiger partial charge in [0.25, 0.3) is 5.91 Å². The van der Waals surface area contributed by atoms with Crippen molar-refractivity contribution in [3.8, 4) is 0 Å². The second kappa shape index (κ2) is 5.98. The number of fused-ring (bicyclic) bond motifs is 1. The second-order valence-electron chi connectivity index (χ2n) is 5.52. The third-order valence-corrected chi connectivity index (χ3v) is 4.31. The molecule has 0 saturated carbocycles. The first-order valence-electron chi connectivity index (χ1n) is 7.59. The lowest BCUT2D eigenvalue weighted by molar-refractivity contribution is 0.0975. The molecule has 1 atom stereocenters. The van der Waals surface area contributed by atoms with Gasteiger partial charge in [0, 0.05) is 28.8 Å². The Morgan fingerprint density at radius 3 is 2.42 bits per heavy atom. The number of nitrogens with zero attached hydrogens (tertiary/aromatic N) is 2. The standard InChI is InChI=1S/C19H14ClN3O/c20-14-5-7-15(8-6-14)23-18(13-9-11-21-12-10-13)22-17-4-2-1-3-16(17)19(23)24/h1-12,18,22H. The van der Waals surface area contributed by atoms with Crippen LogP contribution in [0.3, 0.4) is 0 Å². The molecular weight excluding hydrogens is 322 g/mol. The van der Waals surface area contributed by atoms with Crippen LogP contribution >= 0.6 is 11.6 Å². The van der Waals surface area contributed by atoms with Crippen LogP contribution in [-0.2, 0) is 0 Å². The Morgan fingerprint density at radius 2 is 1.67 bits per heavy atom. The molecule has 0 bridgehead atoms. The van der Waals surface area contributed by atoms with E-state index >= 15 is 0 Å². The maximum absolute atomic E-state index is 13.1. The number of carbonyl (C=O) groups excluding carboxylic acids is 1. The highest BCUT2D eigenvalue weighted by Gasteiger charge is 2.33. The summed E-state index contributed by atoms with van der Waals surface area (Å²) in [5.41, 5.74) is 3.23. The monoisotopic (exact) mass is 335 g/mol. The molecule has 1 aliphatic heterocycles.